The van der Waals surface area contributed by atoms with Crippen molar-refractivity contribution in [2.24, 2.45) is 13.0 Å². The van der Waals surface area contributed by atoms with Crippen LogP contribution in [0.5, 0.6) is 0 Å². The zero-order chi connectivity index (χ0) is 19.0. The molecule has 1 fully saturated rings. The second-order valence-electron chi connectivity index (χ2n) is 6.95. The number of aryl methyl sites for hydroxylation is 1. The van der Waals surface area contributed by atoms with Crippen molar-refractivity contribution in [3.8, 4) is 0 Å². The predicted molar refractivity (Wildman–Crippen MR) is 100 cm³/mol. The number of rotatable bonds is 4. The van der Waals surface area contributed by atoms with E-state index in [9.17, 15) is 13.2 Å². The van der Waals surface area contributed by atoms with Gasteiger partial charge in [-0.15, -0.1) is 5.10 Å². The number of fused-ring (bicyclic) bond motifs is 1. The summed E-state index contributed by atoms with van der Waals surface area (Å²) in [6.07, 6.45) is 2.23. The van der Waals surface area contributed by atoms with Crippen LogP contribution >= 0.6 is 0 Å². The van der Waals surface area contributed by atoms with Gasteiger partial charge in [0.25, 0.3) is 10.0 Å². The molecule has 8 heteroatoms. The maximum absolute atomic E-state index is 12.6. The lowest BCUT2D eigenvalue weighted by atomic mass is 9.96. The number of aromatic nitrogens is 3. The molecular formula is C19H20N4O3S. The van der Waals surface area contributed by atoms with Crippen LogP contribution in [0.15, 0.2) is 53.4 Å². The summed E-state index contributed by atoms with van der Waals surface area (Å²) in [5.41, 5.74) is 2.39. The molecule has 3 aromatic rings. The van der Waals surface area contributed by atoms with Crippen LogP contribution in [0.2, 0.25) is 0 Å². The molecule has 140 valence electrons. The number of carbonyl (C=O) groups is 1. The van der Waals surface area contributed by atoms with E-state index in [4.69, 9.17) is 0 Å². The molecule has 0 aliphatic heterocycles. The summed E-state index contributed by atoms with van der Waals surface area (Å²) in [4.78, 5) is 12.6. The Morgan fingerprint density at radius 2 is 1.93 bits per heavy atom. The van der Waals surface area contributed by atoms with Gasteiger partial charge in [-0.05, 0) is 48.9 Å². The molecule has 4 rings (SSSR count). The van der Waals surface area contributed by atoms with Gasteiger partial charge >= 0.3 is 0 Å². The highest BCUT2D eigenvalue weighted by Gasteiger charge is 2.33. The molecular weight excluding hydrogens is 364 g/mol. The van der Waals surface area contributed by atoms with Gasteiger partial charge < -0.3 is 0 Å². The maximum Gasteiger partial charge on any atom is 0.264 e. The topological polar surface area (TPSA) is 93.9 Å². The number of amides is 1. The van der Waals surface area contributed by atoms with E-state index < -0.39 is 15.9 Å². The first-order chi connectivity index (χ1) is 12.9. The number of hydrogen-bond acceptors (Lipinski definition) is 5. The Kier molecular flexibility index (Phi) is 4.43. The molecule has 2 aromatic carbocycles. The summed E-state index contributed by atoms with van der Waals surface area (Å²) < 4.78 is 29.0. The smallest absolute Gasteiger partial charge is 0.264 e. The van der Waals surface area contributed by atoms with Crippen molar-refractivity contribution in [2.45, 2.75) is 30.1 Å². The van der Waals surface area contributed by atoms with Gasteiger partial charge in [-0.3, -0.25) is 4.79 Å². The predicted octanol–water partition coefficient (Wildman–Crippen LogP) is 2.36. The maximum atomic E-state index is 12.6. The summed E-state index contributed by atoms with van der Waals surface area (Å²) in [6, 6.07) is 14.6. The number of nitrogens with zero attached hydrogens (tertiary/aromatic N) is 3. The average Bonchev–Trinajstić information content (AvgIpc) is 3.29. The second kappa shape index (κ2) is 6.77. The van der Waals surface area contributed by atoms with Crippen LogP contribution in [0.1, 0.15) is 30.7 Å². The van der Waals surface area contributed by atoms with Crippen LogP contribution in [-0.2, 0) is 21.9 Å². The highest BCUT2D eigenvalue weighted by molar-refractivity contribution is 7.90. The van der Waals surface area contributed by atoms with Crippen molar-refractivity contribution in [1.82, 2.24) is 19.7 Å². The molecule has 1 N–H and O–H groups in total. The third kappa shape index (κ3) is 3.44. The lowest BCUT2D eigenvalue weighted by molar-refractivity contribution is -0.123. The van der Waals surface area contributed by atoms with E-state index in [2.05, 4.69) is 27.2 Å². The van der Waals surface area contributed by atoms with E-state index in [1.807, 2.05) is 18.2 Å². The molecule has 1 saturated carbocycles. The fraction of sp³-hybridized carbons (Fsp3) is 0.316. The van der Waals surface area contributed by atoms with Crippen molar-refractivity contribution in [3.05, 3.63) is 54.1 Å². The van der Waals surface area contributed by atoms with Gasteiger partial charge in [0, 0.05) is 13.0 Å². The molecule has 1 aromatic heterocycles. The van der Waals surface area contributed by atoms with Gasteiger partial charge in [0.15, 0.2) is 0 Å². The van der Waals surface area contributed by atoms with Gasteiger partial charge in [-0.1, -0.05) is 35.5 Å². The van der Waals surface area contributed by atoms with Gasteiger partial charge in [0.2, 0.25) is 5.91 Å². The molecule has 0 unspecified atom stereocenters. The van der Waals surface area contributed by atoms with Gasteiger partial charge in [0.05, 0.1) is 10.4 Å². The Bertz CT molecular complexity index is 1090. The summed E-state index contributed by atoms with van der Waals surface area (Å²) in [5, 5.41) is 7.79. The van der Waals surface area contributed by atoms with E-state index in [-0.39, 0.29) is 10.8 Å². The van der Waals surface area contributed by atoms with E-state index in [0.29, 0.717) is 24.3 Å². The zero-order valence-electron chi connectivity index (χ0n) is 14.9. The second-order valence-corrected chi connectivity index (χ2v) is 8.63. The van der Waals surface area contributed by atoms with Crippen molar-refractivity contribution in [1.29, 1.82) is 0 Å². The van der Waals surface area contributed by atoms with Crippen LogP contribution in [0.25, 0.3) is 11.0 Å². The van der Waals surface area contributed by atoms with Crippen LogP contribution in [0.4, 0.5) is 0 Å². The largest absolute Gasteiger partial charge is 0.274 e. The third-order valence-electron chi connectivity index (χ3n) is 5.20. The number of hydrogen-bond donors (Lipinski definition) is 1. The Balaban J connectivity index is 1.48. The normalized spacial score (nSPS) is 20.0. The Morgan fingerprint density at radius 1 is 1.15 bits per heavy atom. The SMILES string of the molecule is Cn1nnc2cc(S(=O)(=O)NC(=O)[C@@H]3CC[C@@H](c4ccccc4)C3)ccc21. The van der Waals surface area contributed by atoms with Crippen LogP contribution in [-0.4, -0.2) is 29.3 Å². The molecule has 1 aliphatic carbocycles. The van der Waals surface area contributed by atoms with Crippen LogP contribution in [0, 0.1) is 5.92 Å². The van der Waals surface area contributed by atoms with E-state index >= 15 is 0 Å². The molecule has 7 nitrogen and oxygen atoms in total. The average molecular weight is 384 g/mol. The summed E-state index contributed by atoms with van der Waals surface area (Å²) in [7, 11) is -2.21. The first kappa shape index (κ1) is 17.7. The fourth-order valence-corrected chi connectivity index (χ4v) is 4.77. The Morgan fingerprint density at radius 3 is 2.70 bits per heavy atom. The molecule has 1 heterocycles. The minimum Gasteiger partial charge on any atom is -0.274 e. The Hall–Kier alpha value is -2.74. The number of nitrogens with one attached hydrogen (secondary N) is 1. The lowest BCUT2D eigenvalue weighted by Gasteiger charge is -2.13. The molecule has 0 spiro atoms. The van der Waals surface area contributed by atoms with Crippen molar-refractivity contribution in [3.63, 3.8) is 0 Å². The monoisotopic (exact) mass is 384 g/mol. The first-order valence-corrected chi connectivity index (χ1v) is 10.3. The highest BCUT2D eigenvalue weighted by atomic mass is 32.2. The van der Waals surface area contributed by atoms with E-state index in [1.165, 1.54) is 17.7 Å². The van der Waals surface area contributed by atoms with E-state index in [1.54, 1.807) is 17.8 Å². The molecule has 0 saturated heterocycles. The Labute approximate surface area is 157 Å². The first-order valence-electron chi connectivity index (χ1n) is 8.85. The van der Waals surface area contributed by atoms with Crippen molar-refractivity contribution in [2.75, 3.05) is 0 Å². The van der Waals surface area contributed by atoms with Gasteiger partial charge in [0.1, 0.15) is 5.52 Å². The van der Waals surface area contributed by atoms with Gasteiger partial charge in [-0.25, -0.2) is 17.8 Å². The molecule has 1 amide bonds. The minimum absolute atomic E-state index is 0.0152. The third-order valence-corrected chi connectivity index (χ3v) is 6.55. The van der Waals surface area contributed by atoms with Crippen molar-refractivity contribution >= 4 is 27.0 Å². The highest BCUT2D eigenvalue weighted by Crippen LogP contribution is 2.38. The standard InChI is InChI=1S/C19H20N4O3S/c1-23-18-10-9-16(12-17(18)20-22-23)27(25,26)21-19(24)15-8-7-14(11-15)13-5-3-2-4-6-13/h2-6,9-10,12,14-15H,7-8,11H2,1H3,(H,21,24)/t14-,15-/m1/s1. The van der Waals surface area contributed by atoms with Gasteiger partial charge in [-0.2, -0.15) is 0 Å². The lowest BCUT2D eigenvalue weighted by Crippen LogP contribution is -2.34. The number of carbonyl (C=O) groups excluding carboxylic acids is 1. The van der Waals surface area contributed by atoms with Crippen LogP contribution in [0.3, 0.4) is 0 Å². The minimum atomic E-state index is -3.94. The van der Waals surface area contributed by atoms with E-state index in [0.717, 1.165) is 11.9 Å². The molecule has 0 bridgehead atoms. The number of sulfonamides is 1. The fourth-order valence-electron chi connectivity index (χ4n) is 3.71. The molecule has 0 radical (unpaired) electrons. The van der Waals surface area contributed by atoms with Crippen LogP contribution < -0.4 is 4.72 Å². The summed E-state index contributed by atoms with van der Waals surface area (Å²) in [6.45, 7) is 0. The quantitative estimate of drug-likeness (QED) is 0.745. The summed E-state index contributed by atoms with van der Waals surface area (Å²) in [5.74, 6) is -0.446. The van der Waals surface area contributed by atoms with Crippen molar-refractivity contribution < 1.29 is 13.2 Å². The number of benzene rings is 2. The zero-order valence-corrected chi connectivity index (χ0v) is 15.7. The summed E-state index contributed by atoms with van der Waals surface area (Å²) >= 11 is 0. The molecule has 1 aliphatic rings. The molecule has 27 heavy (non-hydrogen) atoms. The molecule has 2 atom stereocenters.